The second-order valence-electron chi connectivity index (χ2n) is 7.58. The number of nitrogens with one attached hydrogen (secondary N) is 1. The molecule has 4 aromatic rings. The van der Waals surface area contributed by atoms with Crippen molar-refractivity contribution in [2.24, 2.45) is 0 Å². The highest BCUT2D eigenvalue weighted by Gasteiger charge is 2.09. The van der Waals surface area contributed by atoms with Crippen molar-refractivity contribution in [1.29, 1.82) is 0 Å². The molecule has 1 amide bonds. The van der Waals surface area contributed by atoms with E-state index in [2.05, 4.69) is 15.5 Å². The highest BCUT2D eigenvalue weighted by Crippen LogP contribution is 2.19. The fourth-order valence-corrected chi connectivity index (χ4v) is 3.35. The summed E-state index contributed by atoms with van der Waals surface area (Å²) in [7, 11) is 1.57. The third-order valence-corrected chi connectivity index (χ3v) is 5.20. The average Bonchev–Trinajstić information content (AvgIpc) is 2.87. The van der Waals surface area contributed by atoms with Crippen molar-refractivity contribution < 1.29 is 13.9 Å². The van der Waals surface area contributed by atoms with Crippen LogP contribution in [0, 0.1) is 5.82 Å². The van der Waals surface area contributed by atoms with Crippen molar-refractivity contribution in [3.05, 3.63) is 99.3 Å². The Balaban J connectivity index is 1.39. The van der Waals surface area contributed by atoms with Gasteiger partial charge in [-0.05, 0) is 60.7 Å². The number of amides is 1. The number of nitrogens with zero attached hydrogens (tertiary/aromatic N) is 4. The predicted molar refractivity (Wildman–Crippen MR) is 127 cm³/mol. The fourth-order valence-electron chi connectivity index (χ4n) is 3.35. The number of ether oxygens (including phenoxy) is 1. The first-order valence-electron chi connectivity index (χ1n) is 10.8. The SMILES string of the molecule is COc1ccc(-c2ccc(=O)n(CC(=O)NCCn3nc(-c4ccc(F)cc4)ccc3=O)n2)cc1. The number of methoxy groups -OCH3 is 1. The maximum absolute atomic E-state index is 13.2. The van der Waals surface area contributed by atoms with Crippen LogP contribution in [0.25, 0.3) is 22.5 Å². The number of hydrogen-bond acceptors (Lipinski definition) is 6. The maximum Gasteiger partial charge on any atom is 0.267 e. The molecule has 0 spiro atoms. The van der Waals surface area contributed by atoms with Crippen LogP contribution in [0.2, 0.25) is 0 Å². The van der Waals surface area contributed by atoms with Crippen LogP contribution in [-0.4, -0.2) is 39.1 Å². The second-order valence-corrected chi connectivity index (χ2v) is 7.58. The smallest absolute Gasteiger partial charge is 0.267 e. The van der Waals surface area contributed by atoms with Crippen LogP contribution in [0.3, 0.4) is 0 Å². The van der Waals surface area contributed by atoms with Gasteiger partial charge >= 0.3 is 0 Å². The molecule has 0 aliphatic heterocycles. The van der Waals surface area contributed by atoms with Gasteiger partial charge in [0.05, 0.1) is 25.0 Å². The Morgan fingerprint density at radius 3 is 1.97 bits per heavy atom. The molecule has 0 atom stereocenters. The fraction of sp³-hybridized carbons (Fsp3) is 0.160. The molecule has 4 rings (SSSR count). The second kappa shape index (κ2) is 10.6. The number of aromatic nitrogens is 4. The van der Waals surface area contributed by atoms with Crippen molar-refractivity contribution in [1.82, 2.24) is 24.9 Å². The summed E-state index contributed by atoms with van der Waals surface area (Å²) in [5.41, 5.74) is 1.71. The molecule has 2 aromatic heterocycles. The van der Waals surface area contributed by atoms with Crippen LogP contribution < -0.4 is 21.2 Å². The molecule has 10 heteroatoms. The summed E-state index contributed by atoms with van der Waals surface area (Å²) in [5, 5.41) is 11.2. The summed E-state index contributed by atoms with van der Waals surface area (Å²) in [6.07, 6.45) is 0. The molecule has 0 unspecified atom stereocenters. The third-order valence-electron chi connectivity index (χ3n) is 5.20. The molecule has 0 saturated carbocycles. The molecule has 2 heterocycles. The number of carbonyl (C=O) groups is 1. The average molecular weight is 475 g/mol. The van der Waals surface area contributed by atoms with Gasteiger partial charge in [-0.15, -0.1) is 0 Å². The molecular weight excluding hydrogens is 453 g/mol. The van der Waals surface area contributed by atoms with Gasteiger partial charge in [0, 0.05) is 29.8 Å². The van der Waals surface area contributed by atoms with Gasteiger partial charge in [-0.1, -0.05) is 0 Å². The van der Waals surface area contributed by atoms with Crippen LogP contribution in [0.15, 0.2) is 82.4 Å². The Morgan fingerprint density at radius 1 is 0.829 bits per heavy atom. The molecule has 35 heavy (non-hydrogen) atoms. The van der Waals surface area contributed by atoms with Crippen LogP contribution in [0.4, 0.5) is 4.39 Å². The van der Waals surface area contributed by atoms with Crippen LogP contribution >= 0.6 is 0 Å². The first-order valence-corrected chi connectivity index (χ1v) is 10.8. The van der Waals surface area contributed by atoms with Crippen molar-refractivity contribution in [3.63, 3.8) is 0 Å². The highest BCUT2D eigenvalue weighted by molar-refractivity contribution is 5.75. The lowest BCUT2D eigenvalue weighted by Crippen LogP contribution is -2.36. The van der Waals surface area contributed by atoms with E-state index < -0.39 is 11.5 Å². The Kier molecular flexibility index (Phi) is 7.10. The number of rotatable bonds is 8. The number of carbonyl (C=O) groups excluding carboxylic acids is 1. The van der Waals surface area contributed by atoms with Gasteiger partial charge in [0.25, 0.3) is 11.1 Å². The number of benzene rings is 2. The van der Waals surface area contributed by atoms with Crippen LogP contribution in [0.5, 0.6) is 5.75 Å². The summed E-state index contributed by atoms with van der Waals surface area (Å²) in [5.74, 6) is -0.111. The number of halogens is 1. The summed E-state index contributed by atoms with van der Waals surface area (Å²) < 4.78 is 20.6. The van der Waals surface area contributed by atoms with Crippen molar-refractivity contribution >= 4 is 5.91 Å². The quantitative estimate of drug-likeness (QED) is 0.418. The minimum absolute atomic E-state index is 0.117. The van der Waals surface area contributed by atoms with E-state index in [0.717, 1.165) is 10.2 Å². The molecule has 1 N–H and O–H groups in total. The van der Waals surface area contributed by atoms with Crippen molar-refractivity contribution in [2.45, 2.75) is 13.1 Å². The Morgan fingerprint density at radius 2 is 1.37 bits per heavy atom. The van der Waals surface area contributed by atoms with Gasteiger partial charge in [-0.2, -0.15) is 10.2 Å². The first kappa shape index (κ1) is 23.6. The van der Waals surface area contributed by atoms with E-state index in [1.54, 1.807) is 55.6 Å². The molecule has 0 radical (unpaired) electrons. The lowest BCUT2D eigenvalue weighted by atomic mass is 10.1. The molecule has 178 valence electrons. The zero-order valence-corrected chi connectivity index (χ0v) is 18.8. The maximum atomic E-state index is 13.2. The molecule has 2 aromatic carbocycles. The van der Waals surface area contributed by atoms with Gasteiger partial charge < -0.3 is 10.1 Å². The Bertz CT molecular complexity index is 1450. The summed E-state index contributed by atoms with van der Waals surface area (Å²) in [6.45, 7) is -0.0415. The molecular formula is C25H22FN5O4. The molecule has 0 fully saturated rings. The largest absolute Gasteiger partial charge is 0.497 e. The van der Waals surface area contributed by atoms with Crippen molar-refractivity contribution in [2.75, 3.05) is 13.7 Å². The van der Waals surface area contributed by atoms with E-state index in [1.807, 2.05) is 0 Å². The monoisotopic (exact) mass is 475 g/mol. The minimum atomic E-state index is -0.436. The molecule has 9 nitrogen and oxygen atoms in total. The molecule has 0 aliphatic carbocycles. The molecule has 0 aliphatic rings. The van der Waals surface area contributed by atoms with Crippen molar-refractivity contribution in [3.8, 4) is 28.3 Å². The lowest BCUT2D eigenvalue weighted by molar-refractivity contribution is -0.121. The Hall–Kier alpha value is -4.60. The normalized spacial score (nSPS) is 10.7. The van der Waals surface area contributed by atoms with E-state index >= 15 is 0 Å². The zero-order valence-electron chi connectivity index (χ0n) is 18.8. The van der Waals surface area contributed by atoms with Gasteiger partial charge in [-0.25, -0.2) is 13.8 Å². The van der Waals surface area contributed by atoms with Gasteiger partial charge in [0.2, 0.25) is 5.91 Å². The lowest BCUT2D eigenvalue weighted by Gasteiger charge is -2.10. The van der Waals surface area contributed by atoms with E-state index in [9.17, 15) is 18.8 Å². The van der Waals surface area contributed by atoms with Gasteiger partial charge in [-0.3, -0.25) is 14.4 Å². The van der Waals surface area contributed by atoms with E-state index in [-0.39, 0.29) is 31.0 Å². The Labute approximate surface area is 199 Å². The molecule has 0 saturated heterocycles. The summed E-state index contributed by atoms with van der Waals surface area (Å²) in [4.78, 5) is 36.8. The zero-order chi connectivity index (χ0) is 24.8. The van der Waals surface area contributed by atoms with Gasteiger partial charge in [0.15, 0.2) is 0 Å². The van der Waals surface area contributed by atoms with Gasteiger partial charge in [0.1, 0.15) is 18.1 Å². The first-order chi connectivity index (χ1) is 16.9. The summed E-state index contributed by atoms with van der Waals surface area (Å²) in [6, 6.07) is 18.8. The van der Waals surface area contributed by atoms with E-state index in [0.29, 0.717) is 22.7 Å². The van der Waals surface area contributed by atoms with Crippen LogP contribution in [-0.2, 0) is 17.9 Å². The topological polar surface area (TPSA) is 108 Å². The number of hydrogen-bond donors (Lipinski definition) is 1. The highest BCUT2D eigenvalue weighted by atomic mass is 19.1. The third kappa shape index (κ3) is 5.85. The minimum Gasteiger partial charge on any atom is -0.497 e. The van der Waals surface area contributed by atoms with Crippen LogP contribution in [0.1, 0.15) is 0 Å². The summed E-state index contributed by atoms with van der Waals surface area (Å²) >= 11 is 0. The molecule has 0 bridgehead atoms. The standard InChI is InChI=1S/C25H22FN5O4/c1-35-20-8-4-18(5-9-20)22-11-13-25(34)31(29-22)16-23(32)27-14-15-30-24(33)12-10-21(28-30)17-2-6-19(26)7-3-17/h2-13H,14-16H2,1H3,(H,27,32). The van der Waals surface area contributed by atoms with E-state index in [1.165, 1.54) is 28.9 Å². The van der Waals surface area contributed by atoms with E-state index in [4.69, 9.17) is 4.74 Å². The predicted octanol–water partition coefficient (Wildman–Crippen LogP) is 2.10.